The highest BCUT2D eigenvalue weighted by Gasteiger charge is 2.37. The molecule has 0 N–H and O–H groups in total. The van der Waals surface area contributed by atoms with E-state index in [9.17, 15) is 14.4 Å². The molecular formula is C23H18N4O3. The van der Waals surface area contributed by atoms with E-state index in [1.165, 1.54) is 18.0 Å². The second kappa shape index (κ2) is 7.18. The van der Waals surface area contributed by atoms with Gasteiger partial charge in [-0.15, -0.1) is 0 Å². The fourth-order valence-electron chi connectivity index (χ4n) is 4.11. The zero-order valence-electron chi connectivity index (χ0n) is 16.1. The molecule has 1 fully saturated rings. The highest BCUT2D eigenvalue weighted by molar-refractivity contribution is 6.34. The molecule has 2 aliphatic heterocycles. The Balaban J connectivity index is 1.32. The molecule has 2 aliphatic rings. The van der Waals surface area contributed by atoms with Crippen molar-refractivity contribution < 1.29 is 14.4 Å². The van der Waals surface area contributed by atoms with Crippen molar-refractivity contribution in [1.29, 1.82) is 0 Å². The first kappa shape index (κ1) is 18.2. The van der Waals surface area contributed by atoms with Crippen molar-refractivity contribution >= 4 is 23.4 Å². The van der Waals surface area contributed by atoms with Gasteiger partial charge in [0.15, 0.2) is 0 Å². The van der Waals surface area contributed by atoms with Gasteiger partial charge in [0.25, 0.3) is 17.7 Å². The van der Waals surface area contributed by atoms with Crippen LogP contribution in [0.1, 0.15) is 49.0 Å². The van der Waals surface area contributed by atoms with Crippen molar-refractivity contribution in [3.8, 4) is 0 Å². The number of imide groups is 1. The third kappa shape index (κ3) is 2.95. The van der Waals surface area contributed by atoms with E-state index in [0.717, 1.165) is 11.3 Å². The van der Waals surface area contributed by atoms with E-state index in [4.69, 9.17) is 0 Å². The number of hydrogen-bond donors (Lipinski definition) is 0. The van der Waals surface area contributed by atoms with Crippen LogP contribution in [0.3, 0.4) is 0 Å². The number of benzene rings is 2. The van der Waals surface area contributed by atoms with Crippen LogP contribution in [0.25, 0.3) is 0 Å². The van der Waals surface area contributed by atoms with E-state index in [-0.39, 0.29) is 17.0 Å². The van der Waals surface area contributed by atoms with Gasteiger partial charge in [-0.3, -0.25) is 14.4 Å². The van der Waals surface area contributed by atoms with E-state index in [1.807, 2.05) is 23.1 Å². The Hall–Kier alpha value is -3.87. The predicted octanol–water partition coefficient (Wildman–Crippen LogP) is 2.91. The molecule has 3 aromatic rings. The summed E-state index contributed by atoms with van der Waals surface area (Å²) in [6.45, 7) is 1.39. The van der Waals surface area contributed by atoms with Gasteiger partial charge < -0.3 is 4.90 Å². The molecule has 1 atom stereocenters. The molecule has 148 valence electrons. The lowest BCUT2D eigenvalue weighted by Gasteiger charge is -2.18. The van der Waals surface area contributed by atoms with Gasteiger partial charge in [0, 0.05) is 24.6 Å². The Labute approximate surface area is 173 Å². The standard InChI is InChI=1S/C23H18N4O3/c28-21(26-11-10-17(14-26)15-4-2-1-3-5-15)16-6-8-18(9-7-16)27-22(29)19-12-24-25-13-20(19)23(27)30/h1-9,12-13,17H,10-11,14H2/t17-/m0/s1. The van der Waals surface area contributed by atoms with Crippen LogP contribution in [0.15, 0.2) is 67.0 Å². The Morgan fingerprint density at radius 3 is 2.13 bits per heavy atom. The minimum absolute atomic E-state index is 0.0456. The normalized spacial score (nSPS) is 18.1. The Morgan fingerprint density at radius 2 is 1.50 bits per heavy atom. The number of carbonyl (C=O) groups excluding carboxylic acids is 3. The van der Waals surface area contributed by atoms with Crippen LogP contribution in [-0.2, 0) is 0 Å². The number of anilines is 1. The summed E-state index contributed by atoms with van der Waals surface area (Å²) >= 11 is 0. The second-order valence-corrected chi connectivity index (χ2v) is 7.46. The third-order valence-electron chi connectivity index (χ3n) is 5.72. The molecule has 0 aliphatic carbocycles. The molecule has 0 saturated carbocycles. The van der Waals surface area contributed by atoms with E-state index in [0.29, 0.717) is 30.3 Å². The molecule has 3 heterocycles. The molecular weight excluding hydrogens is 380 g/mol. The fourth-order valence-corrected chi connectivity index (χ4v) is 4.11. The van der Waals surface area contributed by atoms with E-state index in [1.54, 1.807) is 24.3 Å². The molecule has 1 aromatic heterocycles. The van der Waals surface area contributed by atoms with Gasteiger partial charge in [-0.05, 0) is 36.2 Å². The zero-order valence-corrected chi connectivity index (χ0v) is 16.1. The summed E-state index contributed by atoms with van der Waals surface area (Å²) in [6, 6.07) is 16.8. The van der Waals surface area contributed by atoms with E-state index < -0.39 is 11.8 Å². The summed E-state index contributed by atoms with van der Waals surface area (Å²) in [5.74, 6) is -0.575. The van der Waals surface area contributed by atoms with Gasteiger partial charge >= 0.3 is 0 Å². The maximum Gasteiger partial charge on any atom is 0.267 e. The van der Waals surface area contributed by atoms with Crippen molar-refractivity contribution in [3.05, 3.63) is 89.2 Å². The van der Waals surface area contributed by atoms with Crippen LogP contribution >= 0.6 is 0 Å². The van der Waals surface area contributed by atoms with Gasteiger partial charge in [0.1, 0.15) is 0 Å². The first-order valence-corrected chi connectivity index (χ1v) is 9.77. The summed E-state index contributed by atoms with van der Waals surface area (Å²) in [5.41, 5.74) is 2.67. The van der Waals surface area contributed by atoms with Crippen LogP contribution in [-0.4, -0.2) is 45.9 Å². The number of aromatic nitrogens is 2. The van der Waals surface area contributed by atoms with E-state index in [2.05, 4.69) is 22.3 Å². The van der Waals surface area contributed by atoms with Gasteiger partial charge in [-0.25, -0.2) is 4.90 Å². The van der Waals surface area contributed by atoms with Crippen molar-refractivity contribution in [1.82, 2.24) is 15.1 Å². The quantitative estimate of drug-likeness (QED) is 0.634. The van der Waals surface area contributed by atoms with Crippen LogP contribution in [0, 0.1) is 0 Å². The summed E-state index contributed by atoms with van der Waals surface area (Å²) in [5, 5.41) is 7.36. The lowest BCUT2D eigenvalue weighted by Crippen LogP contribution is -2.30. The number of carbonyl (C=O) groups is 3. The van der Waals surface area contributed by atoms with Gasteiger partial charge in [0.2, 0.25) is 0 Å². The molecule has 30 heavy (non-hydrogen) atoms. The Bertz CT molecular complexity index is 1110. The molecule has 3 amide bonds. The fraction of sp³-hybridized carbons (Fsp3) is 0.174. The first-order chi connectivity index (χ1) is 14.6. The summed E-state index contributed by atoms with van der Waals surface area (Å²) in [7, 11) is 0. The molecule has 0 unspecified atom stereocenters. The SMILES string of the molecule is O=C(c1ccc(N2C(=O)c3cnncc3C2=O)cc1)N1CC[C@H](c2ccccc2)C1. The molecule has 2 aromatic carbocycles. The zero-order chi connectivity index (χ0) is 20.7. The molecule has 0 spiro atoms. The maximum atomic E-state index is 12.9. The average molecular weight is 398 g/mol. The summed E-state index contributed by atoms with van der Waals surface area (Å²) in [6.07, 6.45) is 3.53. The summed E-state index contributed by atoms with van der Waals surface area (Å²) in [4.78, 5) is 41.0. The molecule has 0 bridgehead atoms. The van der Waals surface area contributed by atoms with Crippen LogP contribution < -0.4 is 4.90 Å². The highest BCUT2D eigenvalue weighted by atomic mass is 16.2. The van der Waals surface area contributed by atoms with Gasteiger partial charge in [-0.2, -0.15) is 10.2 Å². The molecule has 1 saturated heterocycles. The lowest BCUT2D eigenvalue weighted by molar-refractivity contribution is 0.0790. The number of nitrogens with zero attached hydrogens (tertiary/aromatic N) is 4. The number of fused-ring (bicyclic) bond motifs is 1. The second-order valence-electron chi connectivity index (χ2n) is 7.46. The number of amides is 3. The predicted molar refractivity (Wildman–Crippen MR) is 109 cm³/mol. The molecule has 0 radical (unpaired) electrons. The van der Waals surface area contributed by atoms with Crippen LogP contribution in [0.2, 0.25) is 0 Å². The van der Waals surface area contributed by atoms with E-state index >= 15 is 0 Å². The summed E-state index contributed by atoms with van der Waals surface area (Å²) < 4.78 is 0. The maximum absolute atomic E-state index is 12.9. The third-order valence-corrected chi connectivity index (χ3v) is 5.72. The number of rotatable bonds is 3. The average Bonchev–Trinajstić information content (AvgIpc) is 3.38. The first-order valence-electron chi connectivity index (χ1n) is 9.77. The van der Waals surface area contributed by atoms with Crippen LogP contribution in [0.4, 0.5) is 5.69 Å². The Morgan fingerprint density at radius 1 is 0.867 bits per heavy atom. The topological polar surface area (TPSA) is 83.5 Å². The Kier molecular flexibility index (Phi) is 4.35. The smallest absolute Gasteiger partial charge is 0.267 e. The monoisotopic (exact) mass is 398 g/mol. The van der Waals surface area contributed by atoms with Crippen molar-refractivity contribution in [2.45, 2.75) is 12.3 Å². The van der Waals surface area contributed by atoms with Gasteiger partial charge in [0.05, 0.1) is 29.2 Å². The minimum atomic E-state index is -0.436. The number of likely N-dealkylation sites (tertiary alicyclic amines) is 1. The lowest BCUT2D eigenvalue weighted by atomic mass is 9.99. The minimum Gasteiger partial charge on any atom is -0.338 e. The molecule has 5 rings (SSSR count). The number of hydrogen-bond acceptors (Lipinski definition) is 5. The largest absolute Gasteiger partial charge is 0.338 e. The van der Waals surface area contributed by atoms with Crippen molar-refractivity contribution in [3.63, 3.8) is 0 Å². The van der Waals surface area contributed by atoms with Crippen LogP contribution in [0.5, 0.6) is 0 Å². The van der Waals surface area contributed by atoms with Crippen molar-refractivity contribution in [2.24, 2.45) is 0 Å². The molecule has 7 nitrogen and oxygen atoms in total. The van der Waals surface area contributed by atoms with Gasteiger partial charge in [-0.1, -0.05) is 30.3 Å². The molecule has 7 heteroatoms. The van der Waals surface area contributed by atoms with Crippen molar-refractivity contribution in [2.75, 3.05) is 18.0 Å². The highest BCUT2D eigenvalue weighted by Crippen LogP contribution is 2.30.